The molecule has 2 aromatic heterocycles. The molecule has 7 nitrogen and oxygen atoms in total. The van der Waals surface area contributed by atoms with Crippen LogP contribution in [0, 0.1) is 20.8 Å². The van der Waals surface area contributed by atoms with Gasteiger partial charge >= 0.3 is 0 Å². The van der Waals surface area contributed by atoms with E-state index in [2.05, 4.69) is 15.0 Å². The summed E-state index contributed by atoms with van der Waals surface area (Å²) in [5, 5.41) is 0. The van der Waals surface area contributed by atoms with E-state index in [1.54, 1.807) is 31.7 Å². The number of H-pyrrole nitrogens is 2. The Morgan fingerprint density at radius 1 is 1.20 bits per heavy atom. The Labute approximate surface area is 145 Å². The van der Waals surface area contributed by atoms with Crippen LogP contribution in [0.2, 0.25) is 0 Å². The number of hydrogen-bond donors (Lipinski definition) is 2. The zero-order valence-corrected chi connectivity index (χ0v) is 14.7. The van der Waals surface area contributed by atoms with E-state index in [0.29, 0.717) is 30.2 Å². The second-order valence-corrected chi connectivity index (χ2v) is 6.69. The molecule has 1 aliphatic heterocycles. The van der Waals surface area contributed by atoms with E-state index < -0.39 is 0 Å². The third-order valence-corrected chi connectivity index (χ3v) is 4.59. The van der Waals surface area contributed by atoms with Crippen molar-refractivity contribution in [3.8, 4) is 0 Å². The van der Waals surface area contributed by atoms with Gasteiger partial charge in [0.2, 0.25) is 0 Å². The highest BCUT2D eigenvalue weighted by Gasteiger charge is 2.28. The summed E-state index contributed by atoms with van der Waals surface area (Å²) < 4.78 is 0. The minimum atomic E-state index is -0.352. The predicted octanol–water partition coefficient (Wildman–Crippen LogP) is 1.40. The molecule has 132 valence electrons. The lowest BCUT2D eigenvalue weighted by Gasteiger charge is -2.32. The van der Waals surface area contributed by atoms with Gasteiger partial charge in [-0.1, -0.05) is 0 Å². The van der Waals surface area contributed by atoms with Gasteiger partial charge in [-0.25, -0.2) is 4.98 Å². The molecule has 2 N–H and O–H groups in total. The first kappa shape index (κ1) is 17.1. The summed E-state index contributed by atoms with van der Waals surface area (Å²) in [6.45, 7) is 6.37. The molecule has 1 amide bonds. The van der Waals surface area contributed by atoms with Gasteiger partial charge in [-0.2, -0.15) is 0 Å². The standard InChI is InChI=1S/C18H22N4O3/c1-10-7-11(2)19-17(24)16(10)18(25)22-6-4-5-13(9-22)14-8-15(23)21-12(3)20-14/h7-8,13H,4-6,9H2,1-3H3,(H,19,24)(H,20,21,23)/t13-/m0/s1. The first-order valence-corrected chi connectivity index (χ1v) is 8.43. The lowest BCUT2D eigenvalue weighted by atomic mass is 9.93. The molecule has 1 aliphatic rings. The number of carbonyl (C=O) groups is 1. The summed E-state index contributed by atoms with van der Waals surface area (Å²) in [6, 6.07) is 3.30. The largest absolute Gasteiger partial charge is 0.338 e. The number of aromatic nitrogens is 3. The van der Waals surface area contributed by atoms with E-state index in [-0.39, 0.29) is 28.5 Å². The van der Waals surface area contributed by atoms with Gasteiger partial charge in [-0.15, -0.1) is 0 Å². The summed E-state index contributed by atoms with van der Waals surface area (Å²) in [5.41, 5.74) is 1.78. The Balaban J connectivity index is 1.88. The number of aromatic amines is 2. The Kier molecular flexibility index (Phi) is 4.57. The van der Waals surface area contributed by atoms with Gasteiger partial charge in [0.25, 0.3) is 17.0 Å². The molecule has 7 heteroatoms. The molecule has 1 fully saturated rings. The smallest absolute Gasteiger partial charge is 0.261 e. The van der Waals surface area contributed by atoms with Crippen LogP contribution in [0.5, 0.6) is 0 Å². The summed E-state index contributed by atoms with van der Waals surface area (Å²) in [6.07, 6.45) is 1.68. The highest BCUT2D eigenvalue weighted by atomic mass is 16.2. The maximum atomic E-state index is 12.9. The SMILES string of the molecule is Cc1cc(C)c(C(=O)N2CCC[C@H](c3cc(=O)[nH]c(C)n3)C2)c(=O)[nH]1. The van der Waals surface area contributed by atoms with Crippen molar-refractivity contribution < 1.29 is 4.79 Å². The van der Waals surface area contributed by atoms with Gasteiger partial charge in [0.1, 0.15) is 11.4 Å². The van der Waals surface area contributed by atoms with Gasteiger partial charge in [0, 0.05) is 30.8 Å². The topological polar surface area (TPSA) is 98.9 Å². The number of piperidine rings is 1. The van der Waals surface area contributed by atoms with E-state index in [1.165, 1.54) is 6.07 Å². The first-order chi connectivity index (χ1) is 11.8. The summed E-state index contributed by atoms with van der Waals surface area (Å²) in [4.78, 5) is 48.2. The molecule has 0 radical (unpaired) electrons. The minimum absolute atomic E-state index is 0.00327. The van der Waals surface area contributed by atoms with E-state index >= 15 is 0 Å². The third-order valence-electron chi connectivity index (χ3n) is 4.59. The average molecular weight is 342 g/mol. The van der Waals surface area contributed by atoms with Crippen molar-refractivity contribution in [3.63, 3.8) is 0 Å². The lowest BCUT2D eigenvalue weighted by molar-refractivity contribution is 0.0703. The number of amides is 1. The molecule has 25 heavy (non-hydrogen) atoms. The van der Waals surface area contributed by atoms with Crippen molar-refractivity contribution in [1.29, 1.82) is 0 Å². The molecule has 2 aromatic rings. The average Bonchev–Trinajstić information content (AvgIpc) is 2.53. The van der Waals surface area contributed by atoms with Gasteiger partial charge < -0.3 is 14.9 Å². The van der Waals surface area contributed by atoms with Gasteiger partial charge in [-0.3, -0.25) is 14.4 Å². The molecule has 3 heterocycles. The Morgan fingerprint density at radius 2 is 1.96 bits per heavy atom. The summed E-state index contributed by atoms with van der Waals surface area (Å²) >= 11 is 0. The number of nitrogens with one attached hydrogen (secondary N) is 2. The predicted molar refractivity (Wildman–Crippen MR) is 94.0 cm³/mol. The second kappa shape index (κ2) is 6.66. The van der Waals surface area contributed by atoms with Crippen LogP contribution >= 0.6 is 0 Å². The van der Waals surface area contributed by atoms with Crippen molar-refractivity contribution in [3.05, 3.63) is 61.2 Å². The van der Waals surface area contributed by atoms with Crippen molar-refractivity contribution in [1.82, 2.24) is 19.9 Å². The van der Waals surface area contributed by atoms with Crippen LogP contribution < -0.4 is 11.1 Å². The van der Waals surface area contributed by atoms with Crippen molar-refractivity contribution >= 4 is 5.91 Å². The van der Waals surface area contributed by atoms with Crippen molar-refractivity contribution in [2.75, 3.05) is 13.1 Å². The molecule has 1 saturated heterocycles. The van der Waals surface area contributed by atoms with Crippen molar-refractivity contribution in [2.45, 2.75) is 39.5 Å². The van der Waals surface area contributed by atoms with E-state index in [9.17, 15) is 14.4 Å². The quantitative estimate of drug-likeness (QED) is 0.862. The van der Waals surface area contributed by atoms with Gasteiger partial charge in [0.05, 0.1) is 5.69 Å². The van der Waals surface area contributed by atoms with Crippen LogP contribution in [0.15, 0.2) is 21.7 Å². The van der Waals surface area contributed by atoms with E-state index in [0.717, 1.165) is 18.5 Å². The molecule has 0 bridgehead atoms. The molecule has 3 rings (SSSR count). The van der Waals surface area contributed by atoms with Crippen molar-refractivity contribution in [2.24, 2.45) is 0 Å². The maximum Gasteiger partial charge on any atom is 0.261 e. The molecular weight excluding hydrogens is 320 g/mol. The first-order valence-electron chi connectivity index (χ1n) is 8.43. The monoisotopic (exact) mass is 342 g/mol. The number of aryl methyl sites for hydroxylation is 3. The zero-order chi connectivity index (χ0) is 18.1. The van der Waals surface area contributed by atoms with E-state index in [1.807, 2.05) is 0 Å². The fourth-order valence-electron chi connectivity index (χ4n) is 3.49. The molecular formula is C18H22N4O3. The van der Waals surface area contributed by atoms with E-state index in [4.69, 9.17) is 0 Å². The lowest BCUT2D eigenvalue weighted by Crippen LogP contribution is -2.42. The number of hydrogen-bond acceptors (Lipinski definition) is 4. The van der Waals surface area contributed by atoms with Gasteiger partial charge in [-0.05, 0) is 45.2 Å². The summed E-state index contributed by atoms with van der Waals surface area (Å²) in [5.74, 6) is 0.310. The van der Waals surface area contributed by atoms with Crippen LogP contribution in [0.3, 0.4) is 0 Å². The summed E-state index contributed by atoms with van der Waals surface area (Å²) in [7, 11) is 0. The number of pyridine rings is 1. The van der Waals surface area contributed by atoms with Crippen LogP contribution in [0.4, 0.5) is 0 Å². The zero-order valence-electron chi connectivity index (χ0n) is 14.7. The molecule has 1 atom stereocenters. The van der Waals surface area contributed by atoms with Crippen LogP contribution in [-0.4, -0.2) is 38.8 Å². The number of likely N-dealkylation sites (tertiary alicyclic amines) is 1. The third kappa shape index (κ3) is 3.55. The minimum Gasteiger partial charge on any atom is -0.338 e. The highest BCUT2D eigenvalue weighted by molar-refractivity contribution is 5.95. The maximum absolute atomic E-state index is 12.9. The molecule has 0 spiro atoms. The normalized spacial score (nSPS) is 17.6. The van der Waals surface area contributed by atoms with Crippen LogP contribution in [0.25, 0.3) is 0 Å². The van der Waals surface area contributed by atoms with Gasteiger partial charge in [0.15, 0.2) is 0 Å². The van der Waals surface area contributed by atoms with Crippen LogP contribution in [0.1, 0.15) is 51.9 Å². The Bertz CT molecular complexity index is 929. The molecule has 0 aromatic carbocycles. The second-order valence-electron chi connectivity index (χ2n) is 6.69. The molecule has 0 unspecified atom stereocenters. The highest BCUT2D eigenvalue weighted by Crippen LogP contribution is 2.26. The Morgan fingerprint density at radius 3 is 2.64 bits per heavy atom. The Hall–Kier alpha value is -2.70. The molecule has 0 saturated carbocycles. The number of rotatable bonds is 2. The fraction of sp³-hybridized carbons (Fsp3) is 0.444. The number of carbonyl (C=O) groups excluding carboxylic acids is 1. The van der Waals surface area contributed by atoms with Crippen LogP contribution in [-0.2, 0) is 0 Å². The fourth-order valence-corrected chi connectivity index (χ4v) is 3.49. The molecule has 0 aliphatic carbocycles. The number of nitrogens with zero attached hydrogens (tertiary/aromatic N) is 2.